The highest BCUT2D eigenvalue weighted by Gasteiger charge is 2.42. The lowest BCUT2D eigenvalue weighted by molar-refractivity contribution is -0.161. The van der Waals surface area contributed by atoms with Gasteiger partial charge < -0.3 is 14.6 Å². The summed E-state index contributed by atoms with van der Waals surface area (Å²) >= 11 is 0. The van der Waals surface area contributed by atoms with Gasteiger partial charge in [0.25, 0.3) is 0 Å². The fourth-order valence-electron chi connectivity index (χ4n) is 4.43. The van der Waals surface area contributed by atoms with Crippen molar-refractivity contribution < 1.29 is 14.6 Å². The van der Waals surface area contributed by atoms with Gasteiger partial charge in [0.15, 0.2) is 0 Å². The zero-order valence-corrected chi connectivity index (χ0v) is 13.4. The molecule has 3 unspecified atom stereocenters. The molecule has 0 aromatic carbocycles. The summed E-state index contributed by atoms with van der Waals surface area (Å²) < 4.78 is 12.0. The van der Waals surface area contributed by atoms with Crippen LogP contribution in [0.2, 0.25) is 0 Å². The van der Waals surface area contributed by atoms with Gasteiger partial charge in [-0.25, -0.2) is 0 Å². The van der Waals surface area contributed by atoms with Gasteiger partial charge in [-0.15, -0.1) is 0 Å². The van der Waals surface area contributed by atoms with E-state index in [2.05, 4.69) is 11.8 Å². The maximum atomic E-state index is 10.8. The molecule has 3 atom stereocenters. The molecule has 21 heavy (non-hydrogen) atoms. The Morgan fingerprint density at radius 1 is 1.24 bits per heavy atom. The fraction of sp³-hybridized carbons (Fsp3) is 1.00. The summed E-state index contributed by atoms with van der Waals surface area (Å²) in [6.45, 7) is 6.67. The molecule has 1 N–H and O–H groups in total. The van der Waals surface area contributed by atoms with Crippen molar-refractivity contribution >= 4 is 0 Å². The molecule has 3 fully saturated rings. The van der Waals surface area contributed by atoms with E-state index in [4.69, 9.17) is 9.47 Å². The molecule has 4 heteroatoms. The molecule has 1 aliphatic carbocycles. The molecule has 0 aromatic rings. The number of nitrogens with zero attached hydrogens (tertiary/aromatic N) is 1. The van der Waals surface area contributed by atoms with Crippen molar-refractivity contribution in [2.75, 3.05) is 32.8 Å². The van der Waals surface area contributed by atoms with Crippen LogP contribution in [0.5, 0.6) is 0 Å². The van der Waals surface area contributed by atoms with E-state index in [0.29, 0.717) is 5.92 Å². The van der Waals surface area contributed by atoms with Crippen molar-refractivity contribution in [2.45, 2.75) is 69.7 Å². The van der Waals surface area contributed by atoms with Crippen LogP contribution in [0.4, 0.5) is 0 Å². The highest BCUT2D eigenvalue weighted by Crippen LogP contribution is 2.42. The van der Waals surface area contributed by atoms with Crippen LogP contribution in [-0.2, 0) is 9.47 Å². The number of hydrogen-bond acceptors (Lipinski definition) is 4. The van der Waals surface area contributed by atoms with E-state index in [1.807, 2.05) is 0 Å². The van der Waals surface area contributed by atoms with Gasteiger partial charge in [-0.1, -0.05) is 26.2 Å². The van der Waals surface area contributed by atoms with E-state index in [1.165, 1.54) is 32.1 Å². The van der Waals surface area contributed by atoms with Crippen molar-refractivity contribution in [1.29, 1.82) is 0 Å². The van der Waals surface area contributed by atoms with Crippen molar-refractivity contribution in [2.24, 2.45) is 5.92 Å². The third-order valence-corrected chi connectivity index (χ3v) is 5.78. The molecule has 3 aliphatic rings. The summed E-state index contributed by atoms with van der Waals surface area (Å²) in [6.07, 6.45) is 7.94. The van der Waals surface area contributed by atoms with Crippen molar-refractivity contribution in [3.8, 4) is 0 Å². The van der Waals surface area contributed by atoms with E-state index in [1.54, 1.807) is 0 Å². The number of hydrogen-bond donors (Lipinski definition) is 1. The summed E-state index contributed by atoms with van der Waals surface area (Å²) in [5.74, 6) is 0.346. The van der Waals surface area contributed by atoms with Crippen LogP contribution >= 0.6 is 0 Å². The Labute approximate surface area is 128 Å². The Kier molecular flexibility index (Phi) is 5.20. The second kappa shape index (κ2) is 6.95. The average Bonchev–Trinajstić information content (AvgIpc) is 2.55. The van der Waals surface area contributed by atoms with E-state index in [0.717, 1.165) is 45.7 Å². The molecule has 2 saturated heterocycles. The lowest BCUT2D eigenvalue weighted by Crippen LogP contribution is -2.52. The number of ether oxygens (including phenoxy) is 2. The van der Waals surface area contributed by atoms with Crippen LogP contribution in [0.15, 0.2) is 0 Å². The summed E-state index contributed by atoms with van der Waals surface area (Å²) in [7, 11) is 0. The average molecular weight is 297 g/mol. The van der Waals surface area contributed by atoms with Gasteiger partial charge in [-0.2, -0.15) is 0 Å². The SMILES string of the molecule is CCN1CCOC(C(O)C2CCOC3(CCCCC3)C2)C1. The second-order valence-corrected chi connectivity index (χ2v) is 7.14. The lowest BCUT2D eigenvalue weighted by Gasteiger charge is -2.46. The van der Waals surface area contributed by atoms with Crippen molar-refractivity contribution in [1.82, 2.24) is 4.90 Å². The Morgan fingerprint density at radius 3 is 2.81 bits per heavy atom. The maximum Gasteiger partial charge on any atom is 0.0963 e. The van der Waals surface area contributed by atoms with E-state index < -0.39 is 0 Å². The molecule has 3 rings (SSSR count). The Hall–Kier alpha value is -0.160. The molecule has 4 nitrogen and oxygen atoms in total. The first-order valence-electron chi connectivity index (χ1n) is 8.88. The first kappa shape index (κ1) is 15.7. The van der Waals surface area contributed by atoms with Gasteiger partial charge in [-0.3, -0.25) is 4.90 Å². The van der Waals surface area contributed by atoms with Crippen LogP contribution in [0.25, 0.3) is 0 Å². The largest absolute Gasteiger partial charge is 0.390 e. The van der Waals surface area contributed by atoms with Gasteiger partial charge in [0.05, 0.1) is 24.4 Å². The van der Waals surface area contributed by atoms with Gasteiger partial charge in [-0.05, 0) is 38.1 Å². The van der Waals surface area contributed by atoms with Crippen LogP contribution in [0.3, 0.4) is 0 Å². The highest BCUT2D eigenvalue weighted by atomic mass is 16.5. The first-order valence-corrected chi connectivity index (χ1v) is 8.88. The van der Waals surface area contributed by atoms with E-state index in [-0.39, 0.29) is 17.8 Å². The molecular weight excluding hydrogens is 266 g/mol. The summed E-state index contributed by atoms with van der Waals surface area (Å²) in [5.41, 5.74) is 0.0707. The number of morpholine rings is 1. The fourth-order valence-corrected chi connectivity index (χ4v) is 4.43. The quantitative estimate of drug-likeness (QED) is 0.867. The highest BCUT2D eigenvalue weighted by molar-refractivity contribution is 4.93. The molecule has 0 radical (unpaired) electrons. The second-order valence-electron chi connectivity index (χ2n) is 7.14. The van der Waals surface area contributed by atoms with E-state index in [9.17, 15) is 5.11 Å². The van der Waals surface area contributed by atoms with Crippen LogP contribution in [0.1, 0.15) is 51.9 Å². The molecule has 0 bridgehead atoms. The number of aliphatic hydroxyl groups is 1. The standard InChI is InChI=1S/C17H31NO3/c1-2-18-9-11-20-15(13-18)16(19)14-6-10-21-17(12-14)7-4-3-5-8-17/h14-16,19H,2-13H2,1H3. The third kappa shape index (κ3) is 3.61. The van der Waals surface area contributed by atoms with Gasteiger partial charge in [0.1, 0.15) is 0 Å². The molecule has 1 spiro atoms. The van der Waals surface area contributed by atoms with Crippen LogP contribution < -0.4 is 0 Å². The zero-order valence-electron chi connectivity index (χ0n) is 13.4. The predicted molar refractivity (Wildman–Crippen MR) is 82.4 cm³/mol. The van der Waals surface area contributed by atoms with Crippen molar-refractivity contribution in [3.63, 3.8) is 0 Å². The molecule has 1 saturated carbocycles. The minimum absolute atomic E-state index is 0.0116. The van der Waals surface area contributed by atoms with Crippen LogP contribution in [-0.4, -0.2) is 60.7 Å². The van der Waals surface area contributed by atoms with E-state index >= 15 is 0 Å². The lowest BCUT2D eigenvalue weighted by atomic mass is 9.74. The summed E-state index contributed by atoms with van der Waals surface area (Å²) in [5, 5.41) is 10.8. The Bertz CT molecular complexity index is 324. The zero-order chi connectivity index (χ0) is 14.7. The third-order valence-electron chi connectivity index (χ3n) is 5.78. The topological polar surface area (TPSA) is 41.9 Å². The molecule has 2 aliphatic heterocycles. The first-order chi connectivity index (χ1) is 10.2. The smallest absolute Gasteiger partial charge is 0.0963 e. The van der Waals surface area contributed by atoms with Crippen LogP contribution in [0, 0.1) is 5.92 Å². The molecule has 122 valence electrons. The van der Waals surface area contributed by atoms with Gasteiger partial charge in [0, 0.05) is 19.7 Å². The summed E-state index contributed by atoms with van der Waals surface area (Å²) in [4.78, 5) is 2.38. The molecule has 0 amide bonds. The Balaban J connectivity index is 1.59. The maximum absolute atomic E-state index is 10.8. The normalized spacial score (nSPS) is 35.7. The number of likely N-dealkylation sites (N-methyl/N-ethyl adjacent to an activating group) is 1. The van der Waals surface area contributed by atoms with Gasteiger partial charge >= 0.3 is 0 Å². The molecular formula is C17H31NO3. The monoisotopic (exact) mass is 297 g/mol. The predicted octanol–water partition coefficient (Wildman–Crippen LogP) is 2.20. The minimum Gasteiger partial charge on any atom is -0.390 e. The van der Waals surface area contributed by atoms with Crippen molar-refractivity contribution in [3.05, 3.63) is 0 Å². The number of aliphatic hydroxyl groups excluding tert-OH is 1. The Morgan fingerprint density at radius 2 is 2.05 bits per heavy atom. The van der Waals surface area contributed by atoms with Gasteiger partial charge in [0.2, 0.25) is 0 Å². The molecule has 0 aromatic heterocycles. The number of rotatable bonds is 3. The minimum atomic E-state index is -0.331. The summed E-state index contributed by atoms with van der Waals surface area (Å²) in [6, 6.07) is 0. The molecule has 2 heterocycles.